The van der Waals surface area contributed by atoms with Crippen molar-refractivity contribution < 1.29 is 23.5 Å². The number of aryl methyl sites for hydroxylation is 1. The molecular formula is C22H25N3O5. The predicted molar refractivity (Wildman–Crippen MR) is 111 cm³/mol. The fourth-order valence-corrected chi connectivity index (χ4v) is 2.82. The van der Waals surface area contributed by atoms with E-state index in [1.165, 1.54) is 0 Å². The van der Waals surface area contributed by atoms with E-state index in [0.717, 1.165) is 11.1 Å². The van der Waals surface area contributed by atoms with Crippen molar-refractivity contribution in [1.82, 2.24) is 15.0 Å². The minimum Gasteiger partial charge on any atom is -0.493 e. The number of nitrogens with zero attached hydrogens (tertiary/aromatic N) is 3. The van der Waals surface area contributed by atoms with Gasteiger partial charge in [-0.2, -0.15) is 4.98 Å². The van der Waals surface area contributed by atoms with Crippen LogP contribution in [0.15, 0.2) is 47.0 Å². The molecule has 8 nitrogen and oxygen atoms in total. The molecule has 0 spiro atoms. The number of benzene rings is 2. The lowest BCUT2D eigenvalue weighted by Crippen LogP contribution is -2.34. The average Bonchev–Trinajstić information content (AvgIpc) is 3.25. The fourth-order valence-electron chi connectivity index (χ4n) is 2.82. The average molecular weight is 411 g/mol. The Bertz CT molecular complexity index is 985. The summed E-state index contributed by atoms with van der Waals surface area (Å²) in [5.41, 5.74) is 1.85. The lowest BCUT2D eigenvalue weighted by atomic mass is 10.2. The molecule has 0 bridgehead atoms. The van der Waals surface area contributed by atoms with Crippen molar-refractivity contribution in [3.63, 3.8) is 0 Å². The van der Waals surface area contributed by atoms with Crippen LogP contribution in [-0.4, -0.2) is 48.3 Å². The summed E-state index contributed by atoms with van der Waals surface area (Å²) in [6, 6.07) is 12.9. The van der Waals surface area contributed by atoms with Gasteiger partial charge in [0.05, 0.1) is 14.2 Å². The number of methoxy groups -OCH3 is 2. The summed E-state index contributed by atoms with van der Waals surface area (Å²) < 4.78 is 21.5. The Labute approximate surface area is 175 Å². The number of aromatic nitrogens is 2. The zero-order valence-corrected chi connectivity index (χ0v) is 17.5. The maximum absolute atomic E-state index is 12.5. The maximum Gasteiger partial charge on any atom is 0.260 e. The molecule has 1 amide bonds. The third kappa shape index (κ3) is 5.08. The highest BCUT2D eigenvalue weighted by Crippen LogP contribution is 2.31. The van der Waals surface area contributed by atoms with Gasteiger partial charge in [0.1, 0.15) is 12.3 Å². The van der Waals surface area contributed by atoms with Gasteiger partial charge in [0.25, 0.3) is 5.91 Å². The molecule has 1 heterocycles. The lowest BCUT2D eigenvalue weighted by Gasteiger charge is -2.18. The SMILES string of the molecule is CCN(Cc1nc(-c2ccc(OC)c(OC)c2)no1)C(=O)COc1ccc(C)cc1. The number of carbonyl (C=O) groups excluding carboxylic acids is 1. The van der Waals surface area contributed by atoms with Crippen LogP contribution in [0.25, 0.3) is 11.4 Å². The molecule has 0 unspecified atom stereocenters. The fraction of sp³-hybridized carbons (Fsp3) is 0.318. The molecule has 8 heteroatoms. The van der Waals surface area contributed by atoms with Crippen molar-refractivity contribution in [1.29, 1.82) is 0 Å². The summed E-state index contributed by atoms with van der Waals surface area (Å²) in [5.74, 6) is 2.42. The number of carbonyl (C=O) groups is 1. The van der Waals surface area contributed by atoms with Gasteiger partial charge in [0.15, 0.2) is 18.1 Å². The van der Waals surface area contributed by atoms with Gasteiger partial charge in [0, 0.05) is 12.1 Å². The highest BCUT2D eigenvalue weighted by atomic mass is 16.5. The molecule has 0 saturated carbocycles. The van der Waals surface area contributed by atoms with E-state index in [4.69, 9.17) is 18.7 Å². The summed E-state index contributed by atoms with van der Waals surface area (Å²) in [6.45, 7) is 4.51. The Morgan fingerprint density at radius 1 is 1.07 bits per heavy atom. The monoisotopic (exact) mass is 411 g/mol. The van der Waals surface area contributed by atoms with Crippen LogP contribution in [0.5, 0.6) is 17.2 Å². The van der Waals surface area contributed by atoms with Gasteiger partial charge < -0.3 is 23.6 Å². The third-order valence-corrected chi connectivity index (χ3v) is 4.55. The number of rotatable bonds is 9. The van der Waals surface area contributed by atoms with E-state index in [9.17, 15) is 4.79 Å². The molecule has 0 atom stereocenters. The van der Waals surface area contributed by atoms with Gasteiger partial charge in [-0.25, -0.2) is 0 Å². The van der Waals surface area contributed by atoms with Gasteiger partial charge in [-0.05, 0) is 44.2 Å². The number of hydrogen-bond donors (Lipinski definition) is 0. The first kappa shape index (κ1) is 21.2. The van der Waals surface area contributed by atoms with Gasteiger partial charge in [-0.1, -0.05) is 22.9 Å². The van der Waals surface area contributed by atoms with Crippen molar-refractivity contribution in [3.8, 4) is 28.6 Å². The van der Waals surface area contributed by atoms with Crippen LogP contribution < -0.4 is 14.2 Å². The third-order valence-electron chi connectivity index (χ3n) is 4.55. The largest absolute Gasteiger partial charge is 0.493 e. The van der Waals surface area contributed by atoms with Crippen molar-refractivity contribution in [2.75, 3.05) is 27.4 Å². The molecule has 0 aliphatic rings. The van der Waals surface area contributed by atoms with E-state index in [1.54, 1.807) is 31.3 Å². The summed E-state index contributed by atoms with van der Waals surface area (Å²) in [6.07, 6.45) is 0. The lowest BCUT2D eigenvalue weighted by molar-refractivity contribution is -0.134. The summed E-state index contributed by atoms with van der Waals surface area (Å²) in [4.78, 5) is 18.5. The van der Waals surface area contributed by atoms with Gasteiger partial charge in [0.2, 0.25) is 11.7 Å². The first-order chi connectivity index (χ1) is 14.5. The minimum atomic E-state index is -0.163. The molecule has 2 aromatic carbocycles. The molecule has 0 radical (unpaired) electrons. The van der Waals surface area contributed by atoms with Crippen molar-refractivity contribution in [3.05, 3.63) is 53.9 Å². The Balaban J connectivity index is 1.64. The normalized spacial score (nSPS) is 10.5. The molecule has 0 aliphatic carbocycles. The van der Waals surface area contributed by atoms with Crippen LogP contribution >= 0.6 is 0 Å². The van der Waals surface area contributed by atoms with E-state index >= 15 is 0 Å². The Morgan fingerprint density at radius 3 is 2.47 bits per heavy atom. The first-order valence-electron chi connectivity index (χ1n) is 9.56. The molecule has 0 saturated heterocycles. The Morgan fingerprint density at radius 2 is 1.80 bits per heavy atom. The minimum absolute atomic E-state index is 0.0619. The molecule has 0 fully saturated rings. The maximum atomic E-state index is 12.5. The van der Waals surface area contributed by atoms with Gasteiger partial charge >= 0.3 is 0 Å². The zero-order chi connectivity index (χ0) is 21.5. The number of amides is 1. The molecule has 0 aliphatic heterocycles. The highest BCUT2D eigenvalue weighted by molar-refractivity contribution is 5.77. The van der Waals surface area contributed by atoms with Crippen molar-refractivity contribution >= 4 is 5.91 Å². The highest BCUT2D eigenvalue weighted by Gasteiger charge is 2.18. The van der Waals surface area contributed by atoms with Crippen molar-refractivity contribution in [2.45, 2.75) is 20.4 Å². The molecule has 30 heavy (non-hydrogen) atoms. The van der Waals surface area contributed by atoms with Crippen molar-refractivity contribution in [2.24, 2.45) is 0 Å². The van der Waals surface area contributed by atoms with Gasteiger partial charge in [-0.15, -0.1) is 0 Å². The topological polar surface area (TPSA) is 86.9 Å². The quantitative estimate of drug-likeness (QED) is 0.533. The molecule has 3 aromatic rings. The van der Waals surface area contributed by atoms with Crippen LogP contribution in [0.2, 0.25) is 0 Å². The summed E-state index contributed by atoms with van der Waals surface area (Å²) in [7, 11) is 3.13. The predicted octanol–water partition coefficient (Wildman–Crippen LogP) is 3.49. The van der Waals surface area contributed by atoms with E-state index in [2.05, 4.69) is 10.1 Å². The molecule has 0 N–H and O–H groups in total. The Hall–Kier alpha value is -3.55. The van der Waals surface area contributed by atoms with Crippen LogP contribution in [-0.2, 0) is 11.3 Å². The molecular weight excluding hydrogens is 386 g/mol. The zero-order valence-electron chi connectivity index (χ0n) is 17.5. The van der Waals surface area contributed by atoms with Gasteiger partial charge in [-0.3, -0.25) is 4.79 Å². The number of ether oxygens (including phenoxy) is 3. The number of hydrogen-bond acceptors (Lipinski definition) is 7. The van der Waals surface area contributed by atoms with E-state index in [-0.39, 0.29) is 19.1 Å². The van der Waals surface area contributed by atoms with E-state index in [0.29, 0.717) is 35.5 Å². The van der Waals surface area contributed by atoms with E-state index in [1.807, 2.05) is 44.2 Å². The van der Waals surface area contributed by atoms with Crippen LogP contribution in [0.1, 0.15) is 18.4 Å². The van der Waals surface area contributed by atoms with Crippen LogP contribution in [0, 0.1) is 6.92 Å². The first-order valence-corrected chi connectivity index (χ1v) is 9.56. The second-order valence-electron chi connectivity index (χ2n) is 6.59. The second-order valence-corrected chi connectivity index (χ2v) is 6.59. The molecule has 1 aromatic heterocycles. The molecule has 3 rings (SSSR count). The second kappa shape index (κ2) is 9.78. The summed E-state index contributed by atoms with van der Waals surface area (Å²) >= 11 is 0. The van der Waals surface area contributed by atoms with E-state index < -0.39 is 0 Å². The number of likely N-dealkylation sites (N-methyl/N-ethyl adjacent to an activating group) is 1. The smallest absolute Gasteiger partial charge is 0.260 e. The molecule has 158 valence electrons. The van der Waals surface area contributed by atoms with Crippen LogP contribution in [0.3, 0.4) is 0 Å². The summed E-state index contributed by atoms with van der Waals surface area (Å²) in [5, 5.41) is 4.01. The standard InChI is InChI=1S/C22H25N3O5/c1-5-25(21(26)14-29-17-9-6-15(2)7-10-17)13-20-23-22(24-30-20)16-8-11-18(27-3)19(12-16)28-4/h6-12H,5,13-14H2,1-4H3. The Kier molecular flexibility index (Phi) is 6.90. The van der Waals surface area contributed by atoms with Crippen LogP contribution in [0.4, 0.5) is 0 Å².